The second-order valence-corrected chi connectivity index (χ2v) is 7.41. The summed E-state index contributed by atoms with van der Waals surface area (Å²) < 4.78 is 3.96. The van der Waals surface area contributed by atoms with Crippen LogP contribution < -0.4 is 5.32 Å². The molecule has 0 aliphatic carbocycles. The van der Waals surface area contributed by atoms with Crippen LogP contribution in [0.2, 0.25) is 0 Å². The number of rotatable bonds is 4. The maximum Gasteiger partial charge on any atom is 0.238 e. The van der Waals surface area contributed by atoms with E-state index >= 15 is 0 Å². The van der Waals surface area contributed by atoms with Crippen LogP contribution >= 0.6 is 0 Å². The number of likely N-dealkylation sites (tertiary alicyclic amines) is 1. The van der Waals surface area contributed by atoms with E-state index in [4.69, 9.17) is 4.98 Å². The molecule has 0 radical (unpaired) electrons. The van der Waals surface area contributed by atoms with Crippen LogP contribution in [0.4, 0.5) is 5.69 Å². The summed E-state index contributed by atoms with van der Waals surface area (Å²) in [4.78, 5) is 19.6. The Hall–Kier alpha value is -2.67. The first-order valence-electron chi connectivity index (χ1n) is 9.45. The zero-order chi connectivity index (χ0) is 19.0. The molecule has 1 aromatic carbocycles. The van der Waals surface area contributed by atoms with Crippen LogP contribution in [0.15, 0.2) is 30.5 Å². The van der Waals surface area contributed by atoms with Crippen LogP contribution in [0.1, 0.15) is 30.3 Å². The van der Waals surface area contributed by atoms with Crippen molar-refractivity contribution in [2.24, 2.45) is 14.1 Å². The Morgan fingerprint density at radius 1 is 1.30 bits per heavy atom. The number of nitrogens with zero attached hydrogens (tertiary/aromatic N) is 5. The van der Waals surface area contributed by atoms with E-state index in [1.165, 1.54) is 0 Å². The molecule has 1 aliphatic rings. The number of fused-ring (bicyclic) bond motifs is 1. The lowest BCUT2D eigenvalue weighted by Gasteiger charge is -2.31. The summed E-state index contributed by atoms with van der Waals surface area (Å²) >= 11 is 0. The Kier molecular flexibility index (Phi) is 4.70. The molecule has 0 spiro atoms. The van der Waals surface area contributed by atoms with Gasteiger partial charge in [-0.05, 0) is 38.4 Å². The Labute approximate surface area is 159 Å². The Morgan fingerprint density at radius 3 is 2.85 bits per heavy atom. The standard InChI is InChI=1S/C20H26N6O/c1-14-17(11-21-25(14)3)22-19(27)13-26-10-6-7-15(12-26)20-23-16-8-4-5-9-18(16)24(20)2/h4-5,8-9,11,15H,6-7,10,12-13H2,1-3H3,(H,22,27)/t15-/m1/s1. The van der Waals surface area contributed by atoms with E-state index in [9.17, 15) is 4.79 Å². The number of aromatic nitrogens is 4. The number of hydrogen-bond acceptors (Lipinski definition) is 4. The number of hydrogen-bond donors (Lipinski definition) is 1. The normalized spacial score (nSPS) is 18.1. The molecule has 142 valence electrons. The fourth-order valence-electron chi connectivity index (χ4n) is 3.95. The van der Waals surface area contributed by atoms with E-state index < -0.39 is 0 Å². The van der Waals surface area contributed by atoms with Crippen molar-refractivity contribution in [1.82, 2.24) is 24.2 Å². The number of imidazole rings is 1. The van der Waals surface area contributed by atoms with Crippen molar-refractivity contribution in [3.05, 3.63) is 42.0 Å². The molecule has 1 saturated heterocycles. The largest absolute Gasteiger partial charge is 0.331 e. The van der Waals surface area contributed by atoms with E-state index in [0.29, 0.717) is 12.5 Å². The topological polar surface area (TPSA) is 68.0 Å². The summed E-state index contributed by atoms with van der Waals surface area (Å²) in [6.45, 7) is 4.15. The van der Waals surface area contributed by atoms with Crippen LogP contribution in [0.5, 0.6) is 0 Å². The van der Waals surface area contributed by atoms with Crippen LogP contribution in [-0.2, 0) is 18.9 Å². The molecule has 1 amide bonds. The van der Waals surface area contributed by atoms with Gasteiger partial charge in [0.25, 0.3) is 0 Å². The van der Waals surface area contributed by atoms with Crippen molar-refractivity contribution in [2.45, 2.75) is 25.7 Å². The number of para-hydroxylation sites is 2. The number of benzene rings is 1. The highest BCUT2D eigenvalue weighted by atomic mass is 16.2. The molecule has 0 saturated carbocycles. The maximum atomic E-state index is 12.5. The second kappa shape index (κ2) is 7.15. The smallest absolute Gasteiger partial charge is 0.238 e. The lowest BCUT2D eigenvalue weighted by atomic mass is 9.97. The second-order valence-electron chi connectivity index (χ2n) is 7.41. The highest BCUT2D eigenvalue weighted by molar-refractivity contribution is 5.92. The number of aryl methyl sites for hydroxylation is 2. The van der Waals surface area contributed by atoms with Crippen molar-refractivity contribution in [2.75, 3.05) is 25.0 Å². The molecule has 3 heterocycles. The molecule has 0 bridgehead atoms. The fraction of sp³-hybridized carbons (Fsp3) is 0.450. The fourth-order valence-corrected chi connectivity index (χ4v) is 3.95. The summed E-state index contributed by atoms with van der Waals surface area (Å²) in [7, 11) is 3.96. The van der Waals surface area contributed by atoms with Crippen molar-refractivity contribution in [1.29, 1.82) is 0 Å². The number of nitrogens with one attached hydrogen (secondary N) is 1. The molecule has 7 heteroatoms. The van der Waals surface area contributed by atoms with E-state index in [2.05, 4.69) is 39.1 Å². The van der Waals surface area contributed by atoms with Gasteiger partial charge in [-0.1, -0.05) is 12.1 Å². The maximum absolute atomic E-state index is 12.5. The number of carbonyl (C=O) groups is 1. The van der Waals surface area contributed by atoms with Crippen LogP contribution in [-0.4, -0.2) is 49.8 Å². The van der Waals surface area contributed by atoms with Gasteiger partial charge >= 0.3 is 0 Å². The van der Waals surface area contributed by atoms with Crippen molar-refractivity contribution in [3.8, 4) is 0 Å². The van der Waals surface area contributed by atoms with Gasteiger partial charge in [0.15, 0.2) is 0 Å². The molecule has 1 atom stereocenters. The average Bonchev–Trinajstić information content (AvgIpc) is 3.16. The van der Waals surface area contributed by atoms with Crippen LogP contribution in [0.25, 0.3) is 11.0 Å². The molecule has 0 unspecified atom stereocenters. The summed E-state index contributed by atoms with van der Waals surface area (Å²) in [6.07, 6.45) is 3.88. The van der Waals surface area contributed by atoms with Gasteiger partial charge in [0.05, 0.1) is 35.2 Å². The minimum Gasteiger partial charge on any atom is -0.331 e. The van der Waals surface area contributed by atoms with Crippen molar-refractivity contribution in [3.63, 3.8) is 0 Å². The first kappa shape index (κ1) is 17.7. The van der Waals surface area contributed by atoms with Gasteiger partial charge in [-0.3, -0.25) is 14.4 Å². The first-order chi connectivity index (χ1) is 13.0. The zero-order valence-electron chi connectivity index (χ0n) is 16.1. The molecule has 7 nitrogen and oxygen atoms in total. The SMILES string of the molecule is Cc1c(NC(=O)CN2CCC[C@@H](c3nc4ccccc4n3C)C2)cnn1C. The molecule has 27 heavy (non-hydrogen) atoms. The molecule has 4 rings (SSSR count). The van der Waals surface area contributed by atoms with Gasteiger partial charge < -0.3 is 9.88 Å². The summed E-state index contributed by atoms with van der Waals surface area (Å²) in [6, 6.07) is 8.24. The summed E-state index contributed by atoms with van der Waals surface area (Å²) in [5, 5.41) is 7.16. The third kappa shape index (κ3) is 3.47. The molecule has 2 aromatic heterocycles. The number of anilines is 1. The Bertz CT molecular complexity index is 972. The van der Waals surface area contributed by atoms with Gasteiger partial charge in [-0.2, -0.15) is 5.10 Å². The zero-order valence-corrected chi connectivity index (χ0v) is 16.1. The predicted octanol–water partition coefficient (Wildman–Crippen LogP) is 2.43. The first-order valence-corrected chi connectivity index (χ1v) is 9.45. The van der Waals surface area contributed by atoms with Crippen molar-refractivity contribution >= 4 is 22.6 Å². The van der Waals surface area contributed by atoms with Gasteiger partial charge in [0, 0.05) is 26.6 Å². The highest BCUT2D eigenvalue weighted by Gasteiger charge is 2.26. The monoisotopic (exact) mass is 366 g/mol. The molecular weight excluding hydrogens is 340 g/mol. The highest BCUT2D eigenvalue weighted by Crippen LogP contribution is 2.28. The third-order valence-electron chi connectivity index (χ3n) is 5.57. The van der Waals surface area contributed by atoms with Crippen LogP contribution in [0.3, 0.4) is 0 Å². The molecular formula is C20H26N6O. The predicted molar refractivity (Wildman–Crippen MR) is 106 cm³/mol. The van der Waals surface area contributed by atoms with Crippen LogP contribution in [0, 0.1) is 6.92 Å². The van der Waals surface area contributed by atoms with E-state index in [1.807, 2.05) is 26.1 Å². The quantitative estimate of drug-likeness (QED) is 0.770. The average molecular weight is 366 g/mol. The van der Waals surface area contributed by atoms with Gasteiger partial charge in [0.1, 0.15) is 5.82 Å². The van der Waals surface area contributed by atoms with E-state index in [-0.39, 0.29) is 5.91 Å². The summed E-state index contributed by atoms with van der Waals surface area (Å²) in [5.41, 5.74) is 3.94. The Morgan fingerprint density at radius 2 is 2.11 bits per heavy atom. The van der Waals surface area contributed by atoms with E-state index in [0.717, 1.165) is 54.2 Å². The minimum atomic E-state index is 0.0109. The Balaban J connectivity index is 1.44. The molecule has 1 aliphatic heterocycles. The number of amides is 1. The number of piperidine rings is 1. The minimum absolute atomic E-state index is 0.0109. The van der Waals surface area contributed by atoms with Gasteiger partial charge in [-0.25, -0.2) is 4.98 Å². The molecule has 3 aromatic rings. The van der Waals surface area contributed by atoms with Gasteiger partial charge in [0.2, 0.25) is 5.91 Å². The third-order valence-corrected chi connectivity index (χ3v) is 5.57. The van der Waals surface area contributed by atoms with E-state index in [1.54, 1.807) is 10.9 Å². The van der Waals surface area contributed by atoms with Crippen molar-refractivity contribution < 1.29 is 4.79 Å². The molecule has 1 N–H and O–H groups in total. The summed E-state index contributed by atoms with van der Waals surface area (Å²) in [5.74, 6) is 1.48. The lowest BCUT2D eigenvalue weighted by molar-refractivity contribution is -0.117. The van der Waals surface area contributed by atoms with Gasteiger partial charge in [-0.15, -0.1) is 0 Å². The number of carbonyl (C=O) groups excluding carboxylic acids is 1. The lowest BCUT2D eigenvalue weighted by Crippen LogP contribution is -2.40. The molecule has 1 fully saturated rings.